The van der Waals surface area contributed by atoms with Crippen LogP contribution in [0.2, 0.25) is 0 Å². The number of carbonyl (C=O) groups excluding carboxylic acids is 1. The molecule has 1 aliphatic rings. The van der Waals surface area contributed by atoms with E-state index in [0.29, 0.717) is 6.54 Å². The molecule has 3 aromatic rings. The molecule has 0 saturated carbocycles. The number of nitrogens with zero attached hydrogens (tertiary/aromatic N) is 3. The second-order valence-corrected chi connectivity index (χ2v) is 8.04. The predicted octanol–water partition coefficient (Wildman–Crippen LogP) is 3.94. The first-order valence-electron chi connectivity index (χ1n) is 9.27. The molecular formula is C21H24N4OS. The van der Waals surface area contributed by atoms with Crippen molar-refractivity contribution in [1.29, 1.82) is 0 Å². The van der Waals surface area contributed by atoms with Crippen molar-refractivity contribution in [3.63, 3.8) is 0 Å². The quantitative estimate of drug-likeness (QED) is 0.746. The summed E-state index contributed by atoms with van der Waals surface area (Å²) in [6.45, 7) is 7.45. The molecule has 2 aromatic heterocycles. The van der Waals surface area contributed by atoms with Gasteiger partial charge in [0.05, 0.1) is 22.8 Å². The van der Waals surface area contributed by atoms with Crippen molar-refractivity contribution in [1.82, 2.24) is 14.7 Å². The van der Waals surface area contributed by atoms with Gasteiger partial charge in [0.2, 0.25) is 5.91 Å². The number of aromatic nitrogens is 2. The van der Waals surface area contributed by atoms with Gasteiger partial charge in [-0.1, -0.05) is 18.2 Å². The molecule has 0 bridgehead atoms. The maximum absolute atomic E-state index is 13.0. The molecule has 27 heavy (non-hydrogen) atoms. The van der Waals surface area contributed by atoms with Crippen LogP contribution in [0.1, 0.15) is 28.8 Å². The molecule has 0 saturated heterocycles. The maximum atomic E-state index is 13.0. The van der Waals surface area contributed by atoms with E-state index in [4.69, 9.17) is 0 Å². The van der Waals surface area contributed by atoms with Gasteiger partial charge in [-0.25, -0.2) is 4.68 Å². The second-order valence-electron chi connectivity index (χ2n) is 7.04. The number of nitrogens with one attached hydrogen (secondary N) is 1. The number of thiophene rings is 1. The van der Waals surface area contributed by atoms with Crippen LogP contribution < -0.4 is 5.32 Å². The number of rotatable bonds is 4. The number of fused-ring (bicyclic) bond motifs is 1. The summed E-state index contributed by atoms with van der Waals surface area (Å²) in [4.78, 5) is 16.3. The number of anilines is 1. The molecule has 4 rings (SSSR count). The Morgan fingerprint density at radius 2 is 2.00 bits per heavy atom. The van der Waals surface area contributed by atoms with Crippen molar-refractivity contribution in [3.05, 3.63) is 63.6 Å². The molecule has 1 amide bonds. The molecule has 1 N–H and O–H groups in total. The zero-order chi connectivity index (χ0) is 19.0. The third kappa shape index (κ3) is 3.37. The lowest BCUT2D eigenvalue weighted by Gasteiger charge is -2.30. The van der Waals surface area contributed by atoms with Crippen molar-refractivity contribution < 1.29 is 4.79 Å². The molecule has 1 aliphatic heterocycles. The summed E-state index contributed by atoms with van der Waals surface area (Å²) in [5.74, 6) is 0.137. The fraction of sp³-hybridized carbons (Fsp3) is 0.333. The third-order valence-electron chi connectivity index (χ3n) is 5.14. The monoisotopic (exact) mass is 380 g/mol. The van der Waals surface area contributed by atoms with Gasteiger partial charge in [0.1, 0.15) is 6.04 Å². The Morgan fingerprint density at radius 3 is 2.78 bits per heavy atom. The molecular weight excluding hydrogens is 356 g/mol. The van der Waals surface area contributed by atoms with E-state index in [9.17, 15) is 4.79 Å². The molecule has 0 aliphatic carbocycles. The first-order valence-corrected chi connectivity index (χ1v) is 10.1. The van der Waals surface area contributed by atoms with Crippen LogP contribution in [0.3, 0.4) is 0 Å². The van der Waals surface area contributed by atoms with Crippen molar-refractivity contribution in [2.45, 2.75) is 39.8 Å². The standard InChI is InChI=1S/C21H24N4OS/c1-14-20(16(3)25(23-14)18-7-5-4-6-8-18)22-15(2)21(26)24-11-9-19-17(13-24)10-12-27-19/h4-8,10,12,15,22H,9,11,13H2,1-3H3. The van der Waals surface area contributed by atoms with E-state index in [1.54, 1.807) is 11.3 Å². The zero-order valence-electron chi connectivity index (χ0n) is 15.9. The number of carbonyl (C=O) groups is 1. The molecule has 0 spiro atoms. The van der Waals surface area contributed by atoms with Crippen LogP contribution in [0.5, 0.6) is 0 Å². The Bertz CT molecular complexity index is 960. The first-order chi connectivity index (χ1) is 13.0. The van der Waals surface area contributed by atoms with Crippen LogP contribution in [0, 0.1) is 13.8 Å². The summed E-state index contributed by atoms with van der Waals surface area (Å²) in [5.41, 5.74) is 5.15. The molecule has 140 valence electrons. The Hall–Kier alpha value is -2.60. The van der Waals surface area contributed by atoms with Crippen LogP contribution in [0.15, 0.2) is 41.8 Å². The van der Waals surface area contributed by atoms with Gasteiger partial charge in [-0.15, -0.1) is 11.3 Å². The number of hydrogen-bond donors (Lipinski definition) is 1. The highest BCUT2D eigenvalue weighted by Gasteiger charge is 2.26. The van der Waals surface area contributed by atoms with Gasteiger partial charge in [0.25, 0.3) is 0 Å². The Labute approximate surface area is 163 Å². The predicted molar refractivity (Wildman–Crippen MR) is 110 cm³/mol. The normalized spacial score (nSPS) is 14.7. The fourth-order valence-corrected chi connectivity index (χ4v) is 4.55. The lowest BCUT2D eigenvalue weighted by atomic mass is 10.1. The average Bonchev–Trinajstić information content (AvgIpc) is 3.27. The summed E-state index contributed by atoms with van der Waals surface area (Å²) in [5, 5.41) is 10.2. The fourth-order valence-electron chi connectivity index (χ4n) is 3.66. The molecule has 3 heterocycles. The van der Waals surface area contributed by atoms with E-state index in [2.05, 4.69) is 21.9 Å². The summed E-state index contributed by atoms with van der Waals surface area (Å²) < 4.78 is 1.92. The topological polar surface area (TPSA) is 50.2 Å². The van der Waals surface area contributed by atoms with E-state index >= 15 is 0 Å². The van der Waals surface area contributed by atoms with Crippen LogP contribution in [-0.2, 0) is 17.8 Å². The van der Waals surface area contributed by atoms with Crippen molar-refractivity contribution in [2.75, 3.05) is 11.9 Å². The lowest BCUT2D eigenvalue weighted by Crippen LogP contribution is -2.43. The van der Waals surface area contributed by atoms with Gasteiger partial charge in [0, 0.05) is 18.0 Å². The Kier molecular flexibility index (Phi) is 4.74. The summed E-state index contributed by atoms with van der Waals surface area (Å²) >= 11 is 1.79. The molecule has 1 atom stereocenters. The minimum absolute atomic E-state index is 0.137. The SMILES string of the molecule is Cc1nn(-c2ccccc2)c(C)c1NC(C)C(=O)N1CCc2sccc2C1. The highest BCUT2D eigenvalue weighted by atomic mass is 32.1. The van der Waals surface area contributed by atoms with E-state index in [-0.39, 0.29) is 11.9 Å². The minimum atomic E-state index is -0.295. The third-order valence-corrected chi connectivity index (χ3v) is 6.17. The number of benzene rings is 1. The van der Waals surface area contributed by atoms with Crippen LogP contribution in [-0.4, -0.2) is 33.2 Å². The van der Waals surface area contributed by atoms with E-state index in [0.717, 1.165) is 35.7 Å². The summed E-state index contributed by atoms with van der Waals surface area (Å²) in [6, 6.07) is 11.9. The minimum Gasteiger partial charge on any atom is -0.371 e. The second kappa shape index (κ2) is 7.19. The number of hydrogen-bond acceptors (Lipinski definition) is 4. The largest absolute Gasteiger partial charge is 0.371 e. The Morgan fingerprint density at radius 1 is 1.22 bits per heavy atom. The lowest BCUT2D eigenvalue weighted by molar-refractivity contribution is -0.132. The number of aryl methyl sites for hydroxylation is 1. The van der Waals surface area contributed by atoms with Gasteiger partial charge in [-0.05, 0) is 56.3 Å². The maximum Gasteiger partial charge on any atom is 0.245 e. The van der Waals surface area contributed by atoms with E-state index < -0.39 is 0 Å². The smallest absolute Gasteiger partial charge is 0.245 e. The van der Waals surface area contributed by atoms with Gasteiger partial charge in [0.15, 0.2) is 0 Å². The molecule has 1 unspecified atom stereocenters. The van der Waals surface area contributed by atoms with Gasteiger partial charge >= 0.3 is 0 Å². The molecule has 6 heteroatoms. The average molecular weight is 381 g/mol. The Balaban J connectivity index is 1.51. The highest BCUT2D eigenvalue weighted by molar-refractivity contribution is 7.10. The highest BCUT2D eigenvalue weighted by Crippen LogP contribution is 2.26. The van der Waals surface area contributed by atoms with Crippen molar-refractivity contribution >= 4 is 22.9 Å². The van der Waals surface area contributed by atoms with E-state index in [1.807, 2.05) is 60.7 Å². The number of amides is 1. The molecule has 5 nitrogen and oxygen atoms in total. The van der Waals surface area contributed by atoms with Crippen LogP contribution >= 0.6 is 11.3 Å². The van der Waals surface area contributed by atoms with Gasteiger partial charge in [-0.3, -0.25) is 4.79 Å². The molecule has 0 fully saturated rings. The zero-order valence-corrected chi connectivity index (χ0v) is 16.7. The molecule has 0 radical (unpaired) electrons. The van der Waals surface area contributed by atoms with Crippen LogP contribution in [0.25, 0.3) is 5.69 Å². The molecule has 1 aromatic carbocycles. The summed E-state index contributed by atoms with van der Waals surface area (Å²) in [7, 11) is 0. The number of para-hydroxylation sites is 1. The van der Waals surface area contributed by atoms with Gasteiger partial charge < -0.3 is 10.2 Å². The van der Waals surface area contributed by atoms with Crippen molar-refractivity contribution in [3.8, 4) is 5.69 Å². The van der Waals surface area contributed by atoms with Crippen molar-refractivity contribution in [2.24, 2.45) is 0 Å². The van der Waals surface area contributed by atoms with E-state index in [1.165, 1.54) is 10.4 Å². The first kappa shape index (κ1) is 17.8. The van der Waals surface area contributed by atoms with Gasteiger partial charge in [-0.2, -0.15) is 5.10 Å². The summed E-state index contributed by atoms with van der Waals surface area (Å²) in [6.07, 6.45) is 0.954. The van der Waals surface area contributed by atoms with Crippen LogP contribution in [0.4, 0.5) is 5.69 Å².